The zero-order valence-electron chi connectivity index (χ0n) is 14.2. The number of carbonyl (C=O) groups excluding carboxylic acids is 1. The minimum Gasteiger partial charge on any atom is -0.368 e. The van der Waals surface area contributed by atoms with E-state index in [2.05, 4.69) is 43.0 Å². The van der Waals surface area contributed by atoms with Crippen molar-refractivity contribution >= 4 is 23.2 Å². The van der Waals surface area contributed by atoms with E-state index < -0.39 is 0 Å². The largest absolute Gasteiger partial charge is 0.368 e. The van der Waals surface area contributed by atoms with Gasteiger partial charge in [-0.15, -0.1) is 0 Å². The number of nitrogens with zero attached hydrogens (tertiary/aromatic N) is 2. The Hall–Kier alpha value is -2.00. The smallest absolute Gasteiger partial charge is 0.255 e. The number of halogens is 1. The molecule has 1 aliphatic heterocycles. The van der Waals surface area contributed by atoms with Crippen LogP contribution in [0.1, 0.15) is 35.7 Å². The van der Waals surface area contributed by atoms with Crippen molar-refractivity contribution in [1.82, 2.24) is 4.90 Å². The Balaban J connectivity index is 1.71. The van der Waals surface area contributed by atoms with Gasteiger partial charge in [-0.25, -0.2) is 0 Å². The van der Waals surface area contributed by atoms with E-state index >= 15 is 0 Å². The third kappa shape index (κ3) is 3.41. The second-order valence-corrected chi connectivity index (χ2v) is 6.88. The van der Waals surface area contributed by atoms with E-state index in [1.807, 2.05) is 17.0 Å². The van der Waals surface area contributed by atoms with Crippen molar-refractivity contribution in [3.05, 3.63) is 64.7 Å². The number of hydrogen-bond acceptors (Lipinski definition) is 2. The monoisotopic (exact) mass is 342 g/mol. The number of amides is 1. The number of benzene rings is 2. The summed E-state index contributed by atoms with van der Waals surface area (Å²) < 4.78 is 0. The van der Waals surface area contributed by atoms with Crippen molar-refractivity contribution in [3.63, 3.8) is 0 Å². The summed E-state index contributed by atoms with van der Waals surface area (Å²) >= 11 is 6.16. The van der Waals surface area contributed by atoms with Crippen LogP contribution >= 0.6 is 11.6 Å². The van der Waals surface area contributed by atoms with Crippen LogP contribution < -0.4 is 4.90 Å². The number of para-hydroxylation sites is 1. The summed E-state index contributed by atoms with van der Waals surface area (Å²) in [5, 5.41) is 0.523. The summed E-state index contributed by atoms with van der Waals surface area (Å²) in [5.74, 6) is 0.515. The van der Waals surface area contributed by atoms with E-state index in [0.29, 0.717) is 16.5 Å². The normalized spacial score (nSPS) is 15.0. The van der Waals surface area contributed by atoms with Gasteiger partial charge in [-0.3, -0.25) is 4.79 Å². The molecule has 1 saturated heterocycles. The summed E-state index contributed by atoms with van der Waals surface area (Å²) in [4.78, 5) is 16.9. The van der Waals surface area contributed by atoms with Gasteiger partial charge in [0.05, 0.1) is 10.6 Å². The molecule has 3 rings (SSSR count). The molecule has 1 fully saturated rings. The maximum atomic E-state index is 12.7. The molecule has 0 N–H and O–H groups in total. The molecule has 1 aliphatic rings. The van der Waals surface area contributed by atoms with Crippen LogP contribution in [0.5, 0.6) is 0 Å². The summed E-state index contributed by atoms with van der Waals surface area (Å²) in [7, 11) is 0. The maximum absolute atomic E-state index is 12.7. The topological polar surface area (TPSA) is 23.6 Å². The van der Waals surface area contributed by atoms with Gasteiger partial charge in [0.15, 0.2) is 0 Å². The molecule has 1 heterocycles. The first-order valence-corrected chi connectivity index (χ1v) is 8.83. The zero-order valence-corrected chi connectivity index (χ0v) is 15.0. The molecule has 0 saturated carbocycles. The molecule has 4 heteroatoms. The standard InChI is InChI=1S/C20H23ClN2O/c1-15(2)16-7-4-6-10-19(16)22-11-13-23(14-12-22)20(24)17-8-3-5-9-18(17)21/h3-10,15H,11-14H2,1-2H3. The van der Waals surface area contributed by atoms with Gasteiger partial charge in [0.25, 0.3) is 5.91 Å². The third-order valence-electron chi connectivity index (χ3n) is 4.57. The van der Waals surface area contributed by atoms with Crippen LogP contribution in [0.3, 0.4) is 0 Å². The fourth-order valence-corrected chi connectivity index (χ4v) is 3.44. The molecule has 0 bridgehead atoms. The van der Waals surface area contributed by atoms with Gasteiger partial charge in [0, 0.05) is 31.9 Å². The lowest BCUT2D eigenvalue weighted by molar-refractivity contribution is 0.0747. The Morgan fingerprint density at radius 3 is 2.25 bits per heavy atom. The molecular weight excluding hydrogens is 320 g/mol. The van der Waals surface area contributed by atoms with Crippen LogP contribution in [-0.2, 0) is 0 Å². The van der Waals surface area contributed by atoms with Gasteiger partial charge in [-0.1, -0.05) is 55.8 Å². The first-order chi connectivity index (χ1) is 11.6. The molecule has 2 aromatic carbocycles. The number of carbonyl (C=O) groups is 1. The average Bonchev–Trinajstić information content (AvgIpc) is 2.62. The Kier molecular flexibility index (Phi) is 5.10. The average molecular weight is 343 g/mol. The van der Waals surface area contributed by atoms with Crippen LogP contribution in [0.25, 0.3) is 0 Å². The summed E-state index contributed by atoms with van der Waals surface area (Å²) in [5.41, 5.74) is 3.25. The van der Waals surface area contributed by atoms with E-state index in [0.717, 1.165) is 26.2 Å². The van der Waals surface area contributed by atoms with E-state index in [1.165, 1.54) is 11.3 Å². The second kappa shape index (κ2) is 7.27. The lowest BCUT2D eigenvalue weighted by atomic mass is 10.00. The SMILES string of the molecule is CC(C)c1ccccc1N1CCN(C(=O)c2ccccc2Cl)CC1. The van der Waals surface area contributed by atoms with Crippen LogP contribution in [0.15, 0.2) is 48.5 Å². The van der Waals surface area contributed by atoms with Crippen molar-refractivity contribution < 1.29 is 4.79 Å². The van der Waals surface area contributed by atoms with Crippen molar-refractivity contribution in [1.29, 1.82) is 0 Å². The number of rotatable bonds is 3. The number of piperazine rings is 1. The predicted octanol–water partition coefficient (Wildman–Crippen LogP) is 4.43. The number of hydrogen-bond donors (Lipinski definition) is 0. The molecule has 0 atom stereocenters. The lowest BCUT2D eigenvalue weighted by Crippen LogP contribution is -2.49. The highest BCUT2D eigenvalue weighted by atomic mass is 35.5. The molecular formula is C20H23ClN2O. The van der Waals surface area contributed by atoms with Gasteiger partial charge in [-0.2, -0.15) is 0 Å². The highest BCUT2D eigenvalue weighted by Crippen LogP contribution is 2.28. The molecule has 0 radical (unpaired) electrons. The predicted molar refractivity (Wildman–Crippen MR) is 100 cm³/mol. The molecule has 0 unspecified atom stereocenters. The quantitative estimate of drug-likeness (QED) is 0.824. The molecule has 24 heavy (non-hydrogen) atoms. The van der Waals surface area contributed by atoms with Crippen molar-refractivity contribution in [3.8, 4) is 0 Å². The highest BCUT2D eigenvalue weighted by Gasteiger charge is 2.24. The molecule has 0 spiro atoms. The van der Waals surface area contributed by atoms with Crippen LogP contribution in [0.4, 0.5) is 5.69 Å². The zero-order chi connectivity index (χ0) is 17.1. The van der Waals surface area contributed by atoms with Gasteiger partial charge in [0.2, 0.25) is 0 Å². The Bertz CT molecular complexity index is 721. The Morgan fingerprint density at radius 2 is 1.58 bits per heavy atom. The first kappa shape index (κ1) is 16.8. The number of anilines is 1. The van der Waals surface area contributed by atoms with Crippen LogP contribution in [0, 0.1) is 0 Å². The van der Waals surface area contributed by atoms with Gasteiger partial charge in [0.1, 0.15) is 0 Å². The van der Waals surface area contributed by atoms with Crippen molar-refractivity contribution in [2.75, 3.05) is 31.1 Å². The third-order valence-corrected chi connectivity index (χ3v) is 4.90. The van der Waals surface area contributed by atoms with E-state index in [9.17, 15) is 4.79 Å². The minimum atomic E-state index is 0.0254. The van der Waals surface area contributed by atoms with E-state index in [4.69, 9.17) is 11.6 Å². The maximum Gasteiger partial charge on any atom is 0.255 e. The fourth-order valence-electron chi connectivity index (χ4n) is 3.22. The molecule has 3 nitrogen and oxygen atoms in total. The Morgan fingerprint density at radius 1 is 0.958 bits per heavy atom. The molecule has 126 valence electrons. The molecule has 2 aromatic rings. The fraction of sp³-hybridized carbons (Fsp3) is 0.350. The minimum absolute atomic E-state index is 0.0254. The summed E-state index contributed by atoms with van der Waals surface area (Å²) in [6, 6.07) is 15.8. The second-order valence-electron chi connectivity index (χ2n) is 6.47. The summed E-state index contributed by atoms with van der Waals surface area (Å²) in [6.07, 6.45) is 0. The summed E-state index contributed by atoms with van der Waals surface area (Å²) in [6.45, 7) is 7.57. The molecule has 0 aromatic heterocycles. The van der Waals surface area contributed by atoms with Gasteiger partial charge in [-0.05, 0) is 29.7 Å². The van der Waals surface area contributed by atoms with Crippen LogP contribution in [-0.4, -0.2) is 37.0 Å². The highest BCUT2D eigenvalue weighted by molar-refractivity contribution is 6.33. The Labute approximate surface area is 148 Å². The molecule has 0 aliphatic carbocycles. The van der Waals surface area contributed by atoms with Gasteiger partial charge < -0.3 is 9.80 Å². The van der Waals surface area contributed by atoms with Crippen LogP contribution in [0.2, 0.25) is 5.02 Å². The van der Waals surface area contributed by atoms with Gasteiger partial charge >= 0.3 is 0 Å². The van der Waals surface area contributed by atoms with Crippen molar-refractivity contribution in [2.45, 2.75) is 19.8 Å². The van der Waals surface area contributed by atoms with E-state index in [-0.39, 0.29) is 5.91 Å². The van der Waals surface area contributed by atoms with E-state index in [1.54, 1.807) is 12.1 Å². The molecule has 1 amide bonds. The lowest BCUT2D eigenvalue weighted by Gasteiger charge is -2.37. The first-order valence-electron chi connectivity index (χ1n) is 8.45. The van der Waals surface area contributed by atoms with Crippen molar-refractivity contribution in [2.24, 2.45) is 0 Å².